The monoisotopic (exact) mass is 466 g/mol. The first-order chi connectivity index (χ1) is 15.5. The maximum atomic E-state index is 10.4. The third kappa shape index (κ3) is 6.42. The van der Waals surface area contributed by atoms with Gasteiger partial charge in [0.15, 0.2) is 0 Å². The SMILES string of the molecule is O=C=Nc1ccc(OP(=S)(Oc2ccc(N=C=O)cc2)Oc2ccc(N=[C+]O)cc2)cc1. The van der Waals surface area contributed by atoms with Crippen LogP contribution in [0.2, 0.25) is 0 Å². The van der Waals surface area contributed by atoms with E-state index in [0.29, 0.717) is 34.3 Å². The molecule has 158 valence electrons. The lowest BCUT2D eigenvalue weighted by Crippen LogP contribution is -2.07. The van der Waals surface area contributed by atoms with Gasteiger partial charge in [-0.2, -0.15) is 9.98 Å². The minimum Gasteiger partial charge on any atom is -0.407 e. The van der Waals surface area contributed by atoms with E-state index in [9.17, 15) is 9.59 Å². The molecule has 3 aromatic rings. The first kappa shape index (κ1) is 22.5. The average Bonchev–Trinajstić information content (AvgIpc) is 2.78. The molecule has 0 aliphatic rings. The minimum atomic E-state index is -3.45. The number of aliphatic hydroxyl groups is 1. The number of benzene rings is 3. The van der Waals surface area contributed by atoms with Crippen molar-refractivity contribution in [1.82, 2.24) is 0 Å². The molecule has 0 atom stereocenters. The van der Waals surface area contributed by atoms with Crippen molar-refractivity contribution < 1.29 is 28.3 Å². The van der Waals surface area contributed by atoms with Crippen molar-refractivity contribution in [1.29, 1.82) is 0 Å². The van der Waals surface area contributed by atoms with E-state index in [4.69, 9.17) is 30.5 Å². The summed E-state index contributed by atoms with van der Waals surface area (Å²) in [7, 11) is 0. The molecule has 0 heterocycles. The van der Waals surface area contributed by atoms with Crippen LogP contribution in [0.15, 0.2) is 87.8 Å². The van der Waals surface area contributed by atoms with Gasteiger partial charge in [-0.15, -0.1) is 0 Å². The van der Waals surface area contributed by atoms with Crippen LogP contribution in [0.25, 0.3) is 0 Å². The molecule has 0 radical (unpaired) electrons. The highest BCUT2D eigenvalue weighted by atomic mass is 32.5. The molecule has 0 aliphatic carbocycles. The zero-order valence-corrected chi connectivity index (χ0v) is 17.8. The van der Waals surface area contributed by atoms with Crippen molar-refractivity contribution in [2.75, 3.05) is 0 Å². The van der Waals surface area contributed by atoms with E-state index in [1.165, 1.54) is 12.2 Å². The Morgan fingerprint density at radius 1 is 0.688 bits per heavy atom. The number of aliphatic hydroxyl groups excluding tert-OH is 1. The number of hydrogen-bond donors (Lipinski definition) is 1. The number of carbonyl (C=O) groups excluding carboxylic acids is 2. The summed E-state index contributed by atoms with van der Waals surface area (Å²) in [6, 6.07) is 18.7. The van der Waals surface area contributed by atoms with E-state index in [1.54, 1.807) is 79.2 Å². The van der Waals surface area contributed by atoms with Crippen LogP contribution in [-0.2, 0) is 21.4 Å². The molecular weight excluding hydrogens is 453 g/mol. The average molecular weight is 466 g/mol. The van der Waals surface area contributed by atoms with Gasteiger partial charge in [0.1, 0.15) is 17.2 Å². The van der Waals surface area contributed by atoms with E-state index in [1.807, 2.05) is 0 Å². The van der Waals surface area contributed by atoms with Gasteiger partial charge in [0, 0.05) is 28.9 Å². The van der Waals surface area contributed by atoms with E-state index >= 15 is 0 Å². The highest BCUT2D eigenvalue weighted by Gasteiger charge is 2.27. The summed E-state index contributed by atoms with van der Waals surface area (Å²) < 4.78 is 17.6. The van der Waals surface area contributed by atoms with Crippen molar-refractivity contribution in [3.63, 3.8) is 0 Å². The van der Waals surface area contributed by atoms with Gasteiger partial charge in [0.05, 0.1) is 23.5 Å². The van der Waals surface area contributed by atoms with Crippen LogP contribution >= 0.6 is 6.72 Å². The standard InChI is InChI=1S/C21H13N3O6PS/c25-13-22-16-1-7-19(8-2-16)28-31(32,29-20-9-3-17(4-10-20)23-14-26)30-21-11-5-18(6-12-21)24-15-27/h1-12H,(H,22,25)/q+1. The molecule has 0 saturated carbocycles. The van der Waals surface area contributed by atoms with Gasteiger partial charge in [-0.3, -0.25) is 0 Å². The van der Waals surface area contributed by atoms with Crippen LogP contribution in [0.3, 0.4) is 0 Å². The topological polar surface area (TPSA) is 119 Å². The molecule has 0 bridgehead atoms. The van der Waals surface area contributed by atoms with Gasteiger partial charge in [0.2, 0.25) is 17.8 Å². The number of rotatable bonds is 9. The summed E-state index contributed by atoms with van der Waals surface area (Å²) in [5, 5.41) is 8.66. The van der Waals surface area contributed by atoms with Crippen LogP contribution in [-0.4, -0.2) is 23.7 Å². The fraction of sp³-hybridized carbons (Fsp3) is 0. The summed E-state index contributed by atoms with van der Waals surface area (Å²) >= 11 is 5.60. The molecule has 9 nitrogen and oxygen atoms in total. The van der Waals surface area contributed by atoms with Crippen molar-refractivity contribution in [3.8, 4) is 17.2 Å². The van der Waals surface area contributed by atoms with E-state index in [-0.39, 0.29) is 0 Å². The predicted octanol–water partition coefficient (Wildman–Crippen LogP) is 5.48. The molecule has 0 unspecified atom stereocenters. The summed E-state index contributed by atoms with van der Waals surface area (Å²) in [5.41, 5.74) is 1.24. The number of hydrogen-bond acceptors (Lipinski definition) is 9. The lowest BCUT2D eigenvalue weighted by Gasteiger charge is -2.23. The Labute approximate surface area is 187 Å². The maximum Gasteiger partial charge on any atom is 0.490 e. The number of nitrogens with zero attached hydrogens (tertiary/aromatic N) is 3. The summed E-state index contributed by atoms with van der Waals surface area (Å²) in [6.45, 7) is -3.45. The van der Waals surface area contributed by atoms with Crippen LogP contribution in [0, 0.1) is 0 Å². The molecule has 3 aromatic carbocycles. The Kier molecular flexibility index (Phi) is 7.57. The zero-order valence-electron chi connectivity index (χ0n) is 16.1. The predicted molar refractivity (Wildman–Crippen MR) is 121 cm³/mol. The van der Waals surface area contributed by atoms with Gasteiger partial charge >= 0.3 is 13.1 Å². The summed E-state index contributed by atoms with van der Waals surface area (Å²) in [6.07, 6.45) is 4.61. The quantitative estimate of drug-likeness (QED) is 0.146. The van der Waals surface area contributed by atoms with Gasteiger partial charge < -0.3 is 18.7 Å². The lowest BCUT2D eigenvalue weighted by molar-refractivity contribution is 0.384. The molecule has 0 aromatic heterocycles. The van der Waals surface area contributed by atoms with E-state index in [0.717, 1.165) is 0 Å². The van der Waals surface area contributed by atoms with Crippen molar-refractivity contribution in [3.05, 3.63) is 72.8 Å². The minimum absolute atomic E-state index is 0.330. The first-order valence-electron chi connectivity index (χ1n) is 8.78. The fourth-order valence-electron chi connectivity index (χ4n) is 2.35. The molecule has 0 aliphatic heterocycles. The molecule has 32 heavy (non-hydrogen) atoms. The molecule has 11 heteroatoms. The van der Waals surface area contributed by atoms with E-state index in [2.05, 4.69) is 15.0 Å². The Morgan fingerprint density at radius 2 is 1.03 bits per heavy atom. The van der Waals surface area contributed by atoms with Crippen LogP contribution in [0.1, 0.15) is 0 Å². The van der Waals surface area contributed by atoms with Crippen molar-refractivity contribution >= 4 is 54.1 Å². The second-order valence-electron chi connectivity index (χ2n) is 5.82. The number of isocyanates is 2. The zero-order chi connectivity index (χ0) is 22.8. The Hall–Kier alpha value is -4.15. The molecule has 0 saturated heterocycles. The lowest BCUT2D eigenvalue weighted by atomic mass is 10.3. The molecule has 3 rings (SSSR count). The van der Waals surface area contributed by atoms with Gasteiger partial charge in [0.25, 0.3) is 0 Å². The normalized spacial score (nSPS) is 11.9. The second kappa shape index (κ2) is 10.8. The molecule has 0 spiro atoms. The summed E-state index contributed by atoms with van der Waals surface area (Å²) in [4.78, 5) is 31.5. The van der Waals surface area contributed by atoms with Crippen molar-refractivity contribution in [2.45, 2.75) is 0 Å². The third-order valence-corrected chi connectivity index (χ3v) is 5.66. The van der Waals surface area contributed by atoms with Gasteiger partial charge in [-0.1, -0.05) is 0 Å². The highest BCUT2D eigenvalue weighted by molar-refractivity contribution is 8.08. The van der Waals surface area contributed by atoms with Gasteiger partial charge in [-0.05, 0) is 48.5 Å². The van der Waals surface area contributed by atoms with Crippen LogP contribution in [0.4, 0.5) is 17.1 Å². The number of aliphatic imine (C=N–C) groups is 3. The molecule has 1 N–H and O–H groups in total. The third-order valence-electron chi connectivity index (χ3n) is 3.69. The molecule has 0 amide bonds. The van der Waals surface area contributed by atoms with Crippen LogP contribution in [0.5, 0.6) is 17.2 Å². The van der Waals surface area contributed by atoms with Gasteiger partial charge in [-0.25, -0.2) is 9.59 Å². The second-order valence-corrected chi connectivity index (χ2v) is 8.60. The smallest absolute Gasteiger partial charge is 0.407 e. The van der Waals surface area contributed by atoms with E-state index < -0.39 is 6.72 Å². The maximum absolute atomic E-state index is 10.4. The Morgan fingerprint density at radius 3 is 1.34 bits per heavy atom. The molecular formula is C21H13N3O6PS+. The van der Waals surface area contributed by atoms with Crippen molar-refractivity contribution in [2.24, 2.45) is 15.0 Å². The molecule has 0 fully saturated rings. The fourth-order valence-corrected chi connectivity index (χ4v) is 4.38. The highest BCUT2D eigenvalue weighted by Crippen LogP contribution is 2.50. The summed E-state index contributed by atoms with van der Waals surface area (Å²) in [5.74, 6) is 1.00. The van der Waals surface area contributed by atoms with Crippen LogP contribution < -0.4 is 13.6 Å². The Bertz CT molecular complexity index is 1170. The first-order valence-corrected chi connectivity index (χ1v) is 11.3. The largest absolute Gasteiger partial charge is 0.490 e. The Balaban J connectivity index is 1.88.